The first kappa shape index (κ1) is 18.5. The Morgan fingerprint density at radius 3 is 2.19 bits per heavy atom. The van der Waals surface area contributed by atoms with Gasteiger partial charge in [0.25, 0.3) is 0 Å². The van der Waals surface area contributed by atoms with Crippen molar-refractivity contribution >= 4 is 5.97 Å². The molecule has 0 saturated heterocycles. The van der Waals surface area contributed by atoms with Gasteiger partial charge in [0.15, 0.2) is 6.10 Å². The van der Waals surface area contributed by atoms with Crippen molar-refractivity contribution in [2.45, 2.75) is 26.4 Å². The van der Waals surface area contributed by atoms with E-state index in [1.54, 1.807) is 0 Å². The molecule has 1 N–H and O–H groups in total. The molecule has 0 aliphatic heterocycles. The zero-order valence-corrected chi connectivity index (χ0v) is 15.4. The summed E-state index contributed by atoms with van der Waals surface area (Å²) in [6.07, 6.45) is -0.808. The average molecular weight is 362 g/mol. The highest BCUT2D eigenvalue weighted by atomic mass is 16.5. The third-order valence-electron chi connectivity index (χ3n) is 4.10. The molecule has 0 aliphatic rings. The molecule has 0 spiro atoms. The van der Waals surface area contributed by atoms with E-state index in [1.807, 2.05) is 86.6 Å². The Labute approximate surface area is 159 Å². The van der Waals surface area contributed by atoms with Gasteiger partial charge in [0.1, 0.15) is 17.2 Å². The lowest BCUT2D eigenvalue weighted by atomic mass is 10.1. The summed E-state index contributed by atoms with van der Waals surface area (Å²) in [7, 11) is 0. The van der Waals surface area contributed by atoms with Crippen LogP contribution in [0.4, 0.5) is 0 Å². The number of rotatable bonds is 7. The third-order valence-corrected chi connectivity index (χ3v) is 4.10. The summed E-state index contributed by atoms with van der Waals surface area (Å²) < 4.78 is 11.7. The Morgan fingerprint density at radius 2 is 1.52 bits per heavy atom. The molecule has 0 amide bonds. The number of benzene rings is 3. The van der Waals surface area contributed by atoms with Crippen LogP contribution < -0.4 is 9.47 Å². The summed E-state index contributed by atoms with van der Waals surface area (Å²) in [4.78, 5) is 11.8. The highest BCUT2D eigenvalue weighted by Gasteiger charge is 2.22. The Kier molecular flexibility index (Phi) is 5.77. The third kappa shape index (κ3) is 5.11. The van der Waals surface area contributed by atoms with Crippen molar-refractivity contribution < 1.29 is 19.4 Å². The lowest BCUT2D eigenvalue weighted by Crippen LogP contribution is -2.29. The van der Waals surface area contributed by atoms with Gasteiger partial charge in [-0.1, -0.05) is 42.5 Å². The summed E-state index contributed by atoms with van der Waals surface area (Å²) >= 11 is 0. The van der Waals surface area contributed by atoms with Gasteiger partial charge in [0, 0.05) is 6.42 Å². The van der Waals surface area contributed by atoms with Gasteiger partial charge in [-0.2, -0.15) is 0 Å². The van der Waals surface area contributed by atoms with E-state index in [9.17, 15) is 9.90 Å². The average Bonchev–Trinajstić information content (AvgIpc) is 2.62. The first-order chi connectivity index (χ1) is 13.0. The summed E-state index contributed by atoms with van der Waals surface area (Å²) in [5.74, 6) is 0.871. The Bertz CT molecular complexity index is 898. The molecule has 27 heavy (non-hydrogen) atoms. The second kappa shape index (κ2) is 8.41. The highest BCUT2D eigenvalue weighted by Crippen LogP contribution is 2.27. The van der Waals surface area contributed by atoms with Crippen molar-refractivity contribution in [3.8, 4) is 17.2 Å². The molecular weight excluding hydrogens is 340 g/mol. The minimum Gasteiger partial charge on any atom is -0.478 e. The normalized spacial score (nSPS) is 11.6. The topological polar surface area (TPSA) is 55.8 Å². The summed E-state index contributed by atoms with van der Waals surface area (Å²) in [6, 6.07) is 22.5. The number of para-hydroxylation sites is 2. The summed E-state index contributed by atoms with van der Waals surface area (Å²) in [6.45, 7) is 3.91. The van der Waals surface area contributed by atoms with Crippen molar-refractivity contribution in [1.82, 2.24) is 0 Å². The Hall–Kier alpha value is -3.27. The van der Waals surface area contributed by atoms with Crippen LogP contribution in [-0.2, 0) is 11.2 Å². The SMILES string of the molecule is Cc1cc(C)cc(O[C@H](Cc2ccccc2Oc2ccccc2)C(=O)O)c1. The number of aliphatic carboxylic acids is 1. The van der Waals surface area contributed by atoms with Crippen LogP contribution in [0.5, 0.6) is 17.2 Å². The number of ether oxygens (including phenoxy) is 2. The van der Waals surface area contributed by atoms with Gasteiger partial charge in [0.2, 0.25) is 0 Å². The van der Waals surface area contributed by atoms with Crippen LogP contribution in [0.3, 0.4) is 0 Å². The van der Waals surface area contributed by atoms with Crippen molar-refractivity contribution in [1.29, 1.82) is 0 Å². The van der Waals surface area contributed by atoms with E-state index >= 15 is 0 Å². The Morgan fingerprint density at radius 1 is 0.889 bits per heavy atom. The first-order valence-electron chi connectivity index (χ1n) is 8.80. The van der Waals surface area contributed by atoms with E-state index in [0.717, 1.165) is 16.7 Å². The van der Waals surface area contributed by atoms with Crippen molar-refractivity contribution in [2.24, 2.45) is 0 Å². The van der Waals surface area contributed by atoms with E-state index in [2.05, 4.69) is 0 Å². The monoisotopic (exact) mass is 362 g/mol. The summed E-state index contributed by atoms with van der Waals surface area (Å²) in [5.41, 5.74) is 2.84. The number of hydrogen-bond acceptors (Lipinski definition) is 3. The molecule has 3 rings (SSSR count). The van der Waals surface area contributed by atoms with Gasteiger partial charge in [-0.25, -0.2) is 4.79 Å². The van der Waals surface area contributed by atoms with Gasteiger partial charge < -0.3 is 14.6 Å². The van der Waals surface area contributed by atoms with Crippen LogP contribution in [0, 0.1) is 13.8 Å². The maximum atomic E-state index is 11.8. The fourth-order valence-electron chi connectivity index (χ4n) is 2.93. The van der Waals surface area contributed by atoms with Crippen molar-refractivity contribution in [3.63, 3.8) is 0 Å². The van der Waals surface area contributed by atoms with Crippen LogP contribution in [0.25, 0.3) is 0 Å². The number of aryl methyl sites for hydroxylation is 2. The van der Waals surface area contributed by atoms with Crippen molar-refractivity contribution in [3.05, 3.63) is 89.5 Å². The highest BCUT2D eigenvalue weighted by molar-refractivity contribution is 5.73. The quantitative estimate of drug-likeness (QED) is 0.630. The van der Waals surface area contributed by atoms with Gasteiger partial charge in [-0.3, -0.25) is 0 Å². The molecule has 0 saturated carbocycles. The maximum absolute atomic E-state index is 11.8. The molecule has 0 heterocycles. The van der Waals surface area contributed by atoms with Crippen LogP contribution >= 0.6 is 0 Å². The largest absolute Gasteiger partial charge is 0.478 e. The van der Waals surface area contributed by atoms with E-state index in [-0.39, 0.29) is 6.42 Å². The molecule has 0 unspecified atom stereocenters. The molecule has 0 bridgehead atoms. The van der Waals surface area contributed by atoms with Gasteiger partial charge in [-0.15, -0.1) is 0 Å². The second-order valence-electron chi connectivity index (χ2n) is 6.50. The van der Waals surface area contributed by atoms with E-state index in [0.29, 0.717) is 17.2 Å². The molecule has 4 nitrogen and oxygen atoms in total. The summed E-state index contributed by atoms with van der Waals surface area (Å²) in [5, 5.41) is 9.65. The van der Waals surface area contributed by atoms with Crippen molar-refractivity contribution in [2.75, 3.05) is 0 Å². The van der Waals surface area contributed by atoms with E-state index in [1.165, 1.54) is 0 Å². The molecule has 3 aromatic carbocycles. The molecule has 0 radical (unpaired) electrons. The lowest BCUT2D eigenvalue weighted by molar-refractivity contribution is -0.145. The number of carboxylic acids is 1. The number of carboxylic acid groups (broad SMARTS) is 1. The predicted octanol–water partition coefficient (Wildman–Crippen LogP) is 5.17. The number of hydrogen-bond donors (Lipinski definition) is 1. The van der Waals surface area contributed by atoms with Crippen LogP contribution in [0.2, 0.25) is 0 Å². The molecule has 0 aromatic heterocycles. The predicted molar refractivity (Wildman–Crippen MR) is 105 cm³/mol. The molecule has 1 atom stereocenters. The number of carbonyl (C=O) groups is 1. The van der Waals surface area contributed by atoms with Gasteiger partial charge in [0.05, 0.1) is 0 Å². The van der Waals surface area contributed by atoms with Gasteiger partial charge >= 0.3 is 5.97 Å². The van der Waals surface area contributed by atoms with Crippen LogP contribution in [0.1, 0.15) is 16.7 Å². The minimum absolute atomic E-state index is 0.200. The fourth-order valence-corrected chi connectivity index (χ4v) is 2.93. The molecular formula is C23H22O4. The standard InChI is InChI=1S/C23H22O4/c1-16-12-17(2)14-20(13-16)27-22(23(24)25)15-18-8-6-7-11-21(18)26-19-9-4-3-5-10-19/h3-14,22H,15H2,1-2H3,(H,24,25)/t22-/m1/s1. The van der Waals surface area contributed by atoms with Crippen LogP contribution in [0.15, 0.2) is 72.8 Å². The van der Waals surface area contributed by atoms with E-state index < -0.39 is 12.1 Å². The molecule has 138 valence electrons. The van der Waals surface area contributed by atoms with E-state index in [4.69, 9.17) is 9.47 Å². The lowest BCUT2D eigenvalue weighted by Gasteiger charge is -2.18. The molecule has 0 fully saturated rings. The maximum Gasteiger partial charge on any atom is 0.345 e. The zero-order chi connectivity index (χ0) is 19.2. The minimum atomic E-state index is -1.01. The molecule has 3 aromatic rings. The second-order valence-corrected chi connectivity index (χ2v) is 6.50. The zero-order valence-electron chi connectivity index (χ0n) is 15.4. The molecule has 0 aliphatic carbocycles. The fraction of sp³-hybridized carbons (Fsp3) is 0.174. The van der Waals surface area contributed by atoms with Crippen LogP contribution in [-0.4, -0.2) is 17.2 Å². The van der Waals surface area contributed by atoms with Gasteiger partial charge in [-0.05, 0) is 60.9 Å². The first-order valence-corrected chi connectivity index (χ1v) is 8.80. The molecule has 4 heteroatoms. The smallest absolute Gasteiger partial charge is 0.345 e. The Balaban J connectivity index is 1.81.